The van der Waals surface area contributed by atoms with Crippen molar-refractivity contribution in [1.82, 2.24) is 9.62 Å². The molecule has 2 heterocycles. The van der Waals surface area contributed by atoms with E-state index in [1.807, 2.05) is 24.3 Å². The normalized spacial score (nSPS) is 17.2. The molecule has 2 aliphatic rings. The molecule has 2 aliphatic heterocycles. The Balaban J connectivity index is 1.17. The van der Waals surface area contributed by atoms with Crippen molar-refractivity contribution in [3.63, 3.8) is 0 Å². The molecule has 1 saturated heterocycles. The molecule has 0 aromatic heterocycles. The summed E-state index contributed by atoms with van der Waals surface area (Å²) in [6, 6.07) is 22.7. The summed E-state index contributed by atoms with van der Waals surface area (Å²) in [5, 5.41) is 0. The van der Waals surface area contributed by atoms with Gasteiger partial charge in [0.1, 0.15) is 11.6 Å². The zero-order valence-corrected chi connectivity index (χ0v) is 20.1. The van der Waals surface area contributed by atoms with Crippen LogP contribution in [0.15, 0.2) is 72.8 Å². The minimum Gasteiger partial charge on any atom is -0.303 e. The maximum Gasteiger partial charge on any atom is 0.123 e. The second kappa shape index (κ2) is 10.9. The van der Waals surface area contributed by atoms with Crippen molar-refractivity contribution in [2.75, 3.05) is 23.9 Å². The molecule has 1 fully saturated rings. The Kier molecular flexibility index (Phi) is 7.48. The van der Waals surface area contributed by atoms with Crippen LogP contribution in [0.25, 0.3) is 0 Å². The minimum atomic E-state index is -0.228. The van der Waals surface area contributed by atoms with Gasteiger partial charge in [0.2, 0.25) is 0 Å². The summed E-state index contributed by atoms with van der Waals surface area (Å²) in [6.07, 6.45) is 4.31. The second-order valence-electron chi connectivity index (χ2n) is 9.24. The molecule has 1 N–H and O–H groups in total. The van der Waals surface area contributed by atoms with Gasteiger partial charge in [-0.1, -0.05) is 42.5 Å². The number of nitrogens with zero attached hydrogens (tertiary/aromatic N) is 2. The SMILES string of the molecule is Fc1ccc(C(CCCN2CCC(N3SNCc4ccccc43)CC2)c2ccc(F)cc2)cc1. The van der Waals surface area contributed by atoms with Crippen LogP contribution in [0.2, 0.25) is 0 Å². The van der Waals surface area contributed by atoms with Crippen LogP contribution in [0.4, 0.5) is 14.5 Å². The van der Waals surface area contributed by atoms with Gasteiger partial charge in [0.25, 0.3) is 0 Å². The number of nitrogens with one attached hydrogen (secondary N) is 1. The number of para-hydroxylation sites is 1. The molecule has 0 unspecified atom stereocenters. The summed E-state index contributed by atoms with van der Waals surface area (Å²) in [7, 11) is 0. The molecular formula is C28H31F2N3S. The van der Waals surface area contributed by atoms with Gasteiger partial charge in [-0.05, 0) is 79.3 Å². The number of likely N-dealkylation sites (tertiary alicyclic amines) is 1. The van der Waals surface area contributed by atoms with Crippen LogP contribution in [-0.4, -0.2) is 30.6 Å². The van der Waals surface area contributed by atoms with Gasteiger partial charge in [0.15, 0.2) is 0 Å². The second-order valence-corrected chi connectivity index (χ2v) is 10.1. The van der Waals surface area contributed by atoms with Gasteiger partial charge in [-0.25, -0.2) is 13.5 Å². The van der Waals surface area contributed by atoms with Crippen molar-refractivity contribution in [2.45, 2.75) is 44.2 Å². The van der Waals surface area contributed by atoms with Crippen LogP contribution in [0.1, 0.15) is 48.3 Å². The lowest BCUT2D eigenvalue weighted by Crippen LogP contribution is -2.45. The fourth-order valence-electron chi connectivity index (χ4n) is 5.19. The Morgan fingerprint density at radius 1 is 0.853 bits per heavy atom. The summed E-state index contributed by atoms with van der Waals surface area (Å²) >= 11 is 1.74. The van der Waals surface area contributed by atoms with Crippen LogP contribution in [0, 0.1) is 11.6 Å². The van der Waals surface area contributed by atoms with E-state index < -0.39 is 0 Å². The number of anilines is 1. The van der Waals surface area contributed by atoms with E-state index in [9.17, 15) is 8.78 Å². The third-order valence-electron chi connectivity index (χ3n) is 7.06. The molecule has 3 aromatic carbocycles. The van der Waals surface area contributed by atoms with Crippen molar-refractivity contribution in [2.24, 2.45) is 0 Å². The highest BCUT2D eigenvalue weighted by atomic mass is 32.2. The maximum atomic E-state index is 13.5. The third-order valence-corrected chi connectivity index (χ3v) is 8.02. The first-order chi connectivity index (χ1) is 16.7. The smallest absolute Gasteiger partial charge is 0.123 e. The molecule has 34 heavy (non-hydrogen) atoms. The molecule has 0 aliphatic carbocycles. The fourth-order valence-corrected chi connectivity index (χ4v) is 6.18. The van der Waals surface area contributed by atoms with Gasteiger partial charge < -0.3 is 4.90 Å². The number of benzene rings is 3. The summed E-state index contributed by atoms with van der Waals surface area (Å²) in [5.41, 5.74) is 4.89. The first-order valence-electron chi connectivity index (χ1n) is 12.2. The van der Waals surface area contributed by atoms with Gasteiger partial charge in [-0.2, -0.15) is 0 Å². The van der Waals surface area contributed by atoms with Crippen LogP contribution in [-0.2, 0) is 6.54 Å². The van der Waals surface area contributed by atoms with Gasteiger partial charge in [0.05, 0.1) is 5.69 Å². The lowest BCUT2D eigenvalue weighted by Gasteiger charge is -2.41. The highest BCUT2D eigenvalue weighted by molar-refractivity contribution is 7.98. The molecule has 0 radical (unpaired) electrons. The monoisotopic (exact) mass is 479 g/mol. The number of hydrogen-bond acceptors (Lipinski definition) is 4. The van der Waals surface area contributed by atoms with Crippen molar-refractivity contribution in [3.05, 3.63) is 101 Å². The van der Waals surface area contributed by atoms with Crippen molar-refractivity contribution in [1.29, 1.82) is 0 Å². The molecule has 0 amide bonds. The Bertz CT molecular complexity index is 1020. The minimum absolute atomic E-state index is 0.145. The number of fused-ring (bicyclic) bond motifs is 1. The highest BCUT2D eigenvalue weighted by Crippen LogP contribution is 2.35. The number of rotatable bonds is 7. The predicted molar refractivity (Wildman–Crippen MR) is 137 cm³/mol. The molecule has 6 heteroatoms. The topological polar surface area (TPSA) is 18.5 Å². The Morgan fingerprint density at radius 2 is 1.47 bits per heavy atom. The average Bonchev–Trinajstić information content (AvgIpc) is 2.88. The maximum absolute atomic E-state index is 13.5. The lowest BCUT2D eigenvalue weighted by atomic mass is 9.87. The fraction of sp³-hybridized carbons (Fsp3) is 0.357. The largest absolute Gasteiger partial charge is 0.303 e. The van der Waals surface area contributed by atoms with Crippen LogP contribution < -0.4 is 9.03 Å². The van der Waals surface area contributed by atoms with E-state index in [1.54, 1.807) is 12.1 Å². The standard InChI is InChI=1S/C28H31F2N3S/c29-24-11-7-21(8-12-24)27(22-9-13-25(30)14-10-22)5-3-17-32-18-15-26(16-19-32)33-28-6-2-1-4-23(28)20-31-34-33/h1-2,4,6-14,26-27,31H,3,5,15-20H2. The summed E-state index contributed by atoms with van der Waals surface area (Å²) < 4.78 is 32.9. The van der Waals surface area contributed by atoms with Crippen molar-refractivity contribution in [3.8, 4) is 0 Å². The molecule has 3 nitrogen and oxygen atoms in total. The van der Waals surface area contributed by atoms with E-state index in [-0.39, 0.29) is 17.6 Å². The van der Waals surface area contributed by atoms with Crippen LogP contribution in [0.5, 0.6) is 0 Å². The molecule has 5 rings (SSSR count). The molecular weight excluding hydrogens is 448 g/mol. The van der Waals surface area contributed by atoms with E-state index in [1.165, 1.54) is 35.5 Å². The number of hydrogen-bond donors (Lipinski definition) is 1. The first kappa shape index (κ1) is 23.3. The molecule has 0 saturated carbocycles. The summed E-state index contributed by atoms with van der Waals surface area (Å²) in [4.78, 5) is 2.57. The van der Waals surface area contributed by atoms with Gasteiger partial charge in [-0.15, -0.1) is 0 Å². The third kappa shape index (κ3) is 5.45. The van der Waals surface area contributed by atoms with E-state index in [0.717, 1.165) is 63.0 Å². The lowest BCUT2D eigenvalue weighted by molar-refractivity contribution is 0.210. The molecule has 0 atom stereocenters. The average molecular weight is 480 g/mol. The van der Waals surface area contributed by atoms with Crippen LogP contribution >= 0.6 is 12.1 Å². The van der Waals surface area contributed by atoms with Crippen molar-refractivity contribution >= 4 is 17.8 Å². The Hall–Kier alpha value is -2.41. The quantitative estimate of drug-likeness (QED) is 0.389. The predicted octanol–water partition coefficient (Wildman–Crippen LogP) is 6.51. The van der Waals surface area contributed by atoms with Crippen LogP contribution in [0.3, 0.4) is 0 Å². The number of piperidine rings is 1. The molecule has 3 aromatic rings. The Morgan fingerprint density at radius 3 is 2.12 bits per heavy atom. The zero-order chi connectivity index (χ0) is 23.3. The van der Waals surface area contributed by atoms with Gasteiger partial charge >= 0.3 is 0 Å². The van der Waals surface area contributed by atoms with E-state index >= 15 is 0 Å². The summed E-state index contributed by atoms with van der Waals surface area (Å²) in [5.74, 6) is -0.311. The first-order valence-corrected chi connectivity index (χ1v) is 12.9. The van der Waals surface area contributed by atoms with Gasteiger partial charge in [-0.3, -0.25) is 4.31 Å². The van der Waals surface area contributed by atoms with E-state index in [4.69, 9.17) is 0 Å². The molecule has 0 bridgehead atoms. The van der Waals surface area contributed by atoms with E-state index in [2.05, 4.69) is 38.2 Å². The van der Waals surface area contributed by atoms with E-state index in [0.29, 0.717) is 6.04 Å². The molecule has 178 valence electrons. The zero-order valence-electron chi connectivity index (χ0n) is 19.3. The highest BCUT2D eigenvalue weighted by Gasteiger charge is 2.28. The number of halogens is 2. The summed E-state index contributed by atoms with van der Waals surface area (Å²) in [6.45, 7) is 4.16. The molecule has 0 spiro atoms. The Labute approximate surface area is 205 Å². The van der Waals surface area contributed by atoms with Crippen molar-refractivity contribution < 1.29 is 8.78 Å². The van der Waals surface area contributed by atoms with Gasteiger partial charge in [0, 0.05) is 43.7 Å².